The van der Waals surface area contributed by atoms with Gasteiger partial charge in [-0.1, -0.05) is 13.8 Å². The summed E-state index contributed by atoms with van der Waals surface area (Å²) in [7, 11) is 1.30. The maximum Gasteiger partial charge on any atom is 0.328 e. The minimum absolute atomic E-state index is 0.0803. The highest BCUT2D eigenvalue weighted by molar-refractivity contribution is 5.98. The van der Waals surface area contributed by atoms with Gasteiger partial charge in [-0.3, -0.25) is 4.79 Å². The van der Waals surface area contributed by atoms with E-state index in [0.29, 0.717) is 11.1 Å². The number of nitrogens with one attached hydrogen (secondary N) is 1. The highest BCUT2D eigenvalue weighted by Gasteiger charge is 2.25. The lowest BCUT2D eigenvalue weighted by Crippen LogP contribution is -2.45. The van der Waals surface area contributed by atoms with Crippen LogP contribution in [0.5, 0.6) is 0 Å². The summed E-state index contributed by atoms with van der Waals surface area (Å²) in [5.74, 6) is -0.919. The molecule has 0 radical (unpaired) electrons. The van der Waals surface area contributed by atoms with Crippen LogP contribution in [-0.4, -0.2) is 39.6 Å². The van der Waals surface area contributed by atoms with Gasteiger partial charge in [-0.2, -0.15) is 0 Å². The fourth-order valence-electron chi connectivity index (χ4n) is 2.27. The van der Waals surface area contributed by atoms with Crippen molar-refractivity contribution in [3.05, 3.63) is 24.2 Å². The highest BCUT2D eigenvalue weighted by Crippen LogP contribution is 2.16. The number of hydrogen-bond donors (Lipinski definition) is 1. The molecule has 1 amide bonds. The number of fused-ring (bicyclic) bond motifs is 1. The van der Waals surface area contributed by atoms with Crippen LogP contribution in [0.25, 0.3) is 11.2 Å². The van der Waals surface area contributed by atoms with Gasteiger partial charge in [-0.25, -0.2) is 14.8 Å². The predicted molar refractivity (Wildman–Crippen MR) is 86.0 cm³/mol. The van der Waals surface area contributed by atoms with Gasteiger partial charge in [0.25, 0.3) is 5.91 Å². The average Bonchev–Trinajstić information content (AvgIpc) is 2.94. The molecule has 0 saturated carbocycles. The second-order valence-electron chi connectivity index (χ2n) is 6.03. The lowest BCUT2D eigenvalue weighted by molar-refractivity contribution is -0.144. The summed E-state index contributed by atoms with van der Waals surface area (Å²) < 4.78 is 6.66. The summed E-state index contributed by atoms with van der Waals surface area (Å²) in [6.07, 6.45) is 3.20. The molecule has 0 bridgehead atoms. The summed E-state index contributed by atoms with van der Waals surface area (Å²) in [6.45, 7) is 7.75. The second kappa shape index (κ2) is 6.76. The van der Waals surface area contributed by atoms with Crippen LogP contribution in [0.2, 0.25) is 0 Å². The molecule has 7 heteroatoms. The number of imidazole rings is 1. The normalized spacial score (nSPS) is 12.7. The summed E-state index contributed by atoms with van der Waals surface area (Å²) in [6, 6.07) is 1.21. The molecule has 2 aromatic heterocycles. The van der Waals surface area contributed by atoms with E-state index in [-0.39, 0.29) is 17.9 Å². The van der Waals surface area contributed by atoms with Crippen molar-refractivity contribution >= 4 is 23.0 Å². The smallest absolute Gasteiger partial charge is 0.328 e. The van der Waals surface area contributed by atoms with Gasteiger partial charge in [0.05, 0.1) is 19.0 Å². The van der Waals surface area contributed by atoms with Crippen LogP contribution in [0.4, 0.5) is 0 Å². The number of aromatic nitrogens is 3. The number of ether oxygens (including phenoxy) is 1. The number of nitrogens with zero attached hydrogens (tertiary/aromatic N) is 3. The molecule has 0 unspecified atom stereocenters. The molecule has 0 aliphatic carbocycles. The Balaban J connectivity index is 2.25. The van der Waals surface area contributed by atoms with E-state index in [1.54, 1.807) is 12.4 Å². The van der Waals surface area contributed by atoms with Crippen molar-refractivity contribution in [2.45, 2.75) is 39.8 Å². The van der Waals surface area contributed by atoms with E-state index < -0.39 is 12.0 Å². The summed E-state index contributed by atoms with van der Waals surface area (Å²) in [4.78, 5) is 32.7. The zero-order valence-corrected chi connectivity index (χ0v) is 14.0. The SMILES string of the molecule is COC(=O)[C@@H](NC(=O)c1cnc2c(c1)ncn2C(C)C)C(C)C. The molecular weight excluding hydrogens is 296 g/mol. The van der Waals surface area contributed by atoms with Gasteiger partial charge in [0.1, 0.15) is 11.6 Å². The largest absolute Gasteiger partial charge is 0.467 e. The van der Waals surface area contributed by atoms with Gasteiger partial charge < -0.3 is 14.6 Å². The van der Waals surface area contributed by atoms with Crippen molar-refractivity contribution in [2.24, 2.45) is 5.92 Å². The third kappa shape index (κ3) is 3.49. The number of pyridine rings is 1. The van der Waals surface area contributed by atoms with E-state index in [4.69, 9.17) is 4.74 Å². The number of carbonyl (C=O) groups is 2. The molecule has 2 aromatic rings. The Kier molecular flexibility index (Phi) is 4.98. The topological polar surface area (TPSA) is 86.1 Å². The molecule has 0 aliphatic heterocycles. The fraction of sp³-hybridized carbons (Fsp3) is 0.500. The van der Waals surface area contributed by atoms with Crippen LogP contribution in [0.15, 0.2) is 18.6 Å². The third-order valence-corrected chi connectivity index (χ3v) is 3.64. The molecule has 2 rings (SSSR count). The summed E-state index contributed by atoms with van der Waals surface area (Å²) in [5, 5.41) is 2.69. The number of hydrogen-bond acceptors (Lipinski definition) is 5. The van der Waals surface area contributed by atoms with Crippen molar-refractivity contribution in [1.82, 2.24) is 19.9 Å². The summed E-state index contributed by atoms with van der Waals surface area (Å²) in [5.41, 5.74) is 1.73. The first-order valence-electron chi connectivity index (χ1n) is 7.56. The molecule has 0 fully saturated rings. The molecule has 2 heterocycles. The quantitative estimate of drug-likeness (QED) is 0.851. The fourth-order valence-corrected chi connectivity index (χ4v) is 2.27. The average molecular weight is 318 g/mol. The number of methoxy groups -OCH3 is 1. The Morgan fingerprint density at radius 2 is 1.91 bits per heavy atom. The van der Waals surface area contributed by atoms with Crippen LogP contribution in [-0.2, 0) is 9.53 Å². The zero-order valence-electron chi connectivity index (χ0n) is 14.0. The third-order valence-electron chi connectivity index (χ3n) is 3.64. The van der Waals surface area contributed by atoms with Crippen molar-refractivity contribution in [1.29, 1.82) is 0 Å². The lowest BCUT2D eigenvalue weighted by atomic mass is 10.0. The van der Waals surface area contributed by atoms with Gasteiger partial charge >= 0.3 is 5.97 Å². The number of carbonyl (C=O) groups excluding carboxylic acids is 2. The van der Waals surface area contributed by atoms with Gasteiger partial charge in [0, 0.05) is 12.2 Å². The molecule has 0 spiro atoms. The van der Waals surface area contributed by atoms with Crippen LogP contribution >= 0.6 is 0 Å². The van der Waals surface area contributed by atoms with Crippen molar-refractivity contribution < 1.29 is 14.3 Å². The Labute approximate surface area is 135 Å². The Hall–Kier alpha value is -2.44. The van der Waals surface area contributed by atoms with Crippen molar-refractivity contribution in [3.8, 4) is 0 Å². The van der Waals surface area contributed by atoms with Crippen LogP contribution in [0.1, 0.15) is 44.1 Å². The van der Waals surface area contributed by atoms with E-state index in [9.17, 15) is 9.59 Å². The van der Waals surface area contributed by atoms with E-state index in [2.05, 4.69) is 15.3 Å². The lowest BCUT2D eigenvalue weighted by Gasteiger charge is -2.19. The van der Waals surface area contributed by atoms with Gasteiger partial charge in [0.2, 0.25) is 0 Å². The molecule has 0 saturated heterocycles. The van der Waals surface area contributed by atoms with Gasteiger partial charge in [0.15, 0.2) is 5.65 Å². The zero-order chi connectivity index (χ0) is 17.1. The number of esters is 1. The molecular formula is C16H22N4O3. The van der Waals surface area contributed by atoms with E-state index in [1.165, 1.54) is 13.3 Å². The standard InChI is InChI=1S/C16H22N4O3/c1-9(2)13(16(22)23-5)19-15(21)11-6-12-14(17-7-11)20(8-18-12)10(3)4/h6-10,13H,1-5H3,(H,19,21)/t13-/m0/s1. The van der Waals surface area contributed by atoms with Crippen LogP contribution < -0.4 is 5.32 Å². The van der Waals surface area contributed by atoms with Gasteiger partial charge in [-0.15, -0.1) is 0 Å². The molecule has 0 aromatic carbocycles. The summed E-state index contributed by atoms with van der Waals surface area (Å²) >= 11 is 0. The van der Waals surface area contributed by atoms with Crippen LogP contribution in [0, 0.1) is 5.92 Å². The van der Waals surface area contributed by atoms with E-state index >= 15 is 0 Å². The van der Waals surface area contributed by atoms with Crippen LogP contribution in [0.3, 0.4) is 0 Å². The highest BCUT2D eigenvalue weighted by atomic mass is 16.5. The number of amides is 1. The maximum atomic E-state index is 12.4. The Bertz CT molecular complexity index is 721. The monoisotopic (exact) mass is 318 g/mol. The first-order valence-corrected chi connectivity index (χ1v) is 7.56. The molecule has 124 valence electrons. The molecule has 0 aliphatic rings. The molecule has 1 atom stereocenters. The Morgan fingerprint density at radius 1 is 1.22 bits per heavy atom. The number of rotatable bonds is 5. The maximum absolute atomic E-state index is 12.4. The van der Waals surface area contributed by atoms with E-state index in [0.717, 1.165) is 5.65 Å². The first kappa shape index (κ1) is 16.9. The predicted octanol–water partition coefficient (Wildman–Crippen LogP) is 1.94. The minimum atomic E-state index is -0.698. The van der Waals surface area contributed by atoms with Gasteiger partial charge in [-0.05, 0) is 25.8 Å². The minimum Gasteiger partial charge on any atom is -0.467 e. The molecule has 23 heavy (non-hydrogen) atoms. The molecule has 1 N–H and O–H groups in total. The molecule has 7 nitrogen and oxygen atoms in total. The first-order chi connectivity index (χ1) is 10.8. The second-order valence-corrected chi connectivity index (χ2v) is 6.03. The van der Waals surface area contributed by atoms with Crippen molar-refractivity contribution in [2.75, 3.05) is 7.11 Å². The van der Waals surface area contributed by atoms with Crippen molar-refractivity contribution in [3.63, 3.8) is 0 Å². The Morgan fingerprint density at radius 3 is 2.48 bits per heavy atom. The van der Waals surface area contributed by atoms with E-state index in [1.807, 2.05) is 32.3 Å².